The van der Waals surface area contributed by atoms with Gasteiger partial charge in [-0.25, -0.2) is 9.97 Å². The van der Waals surface area contributed by atoms with Crippen LogP contribution in [0.3, 0.4) is 0 Å². The Hall–Kier alpha value is -4.37. The van der Waals surface area contributed by atoms with Crippen LogP contribution in [-0.4, -0.2) is 22.4 Å². The second-order valence-corrected chi connectivity index (χ2v) is 8.15. The number of nitrogens with zero attached hydrogens (tertiary/aromatic N) is 2. The summed E-state index contributed by atoms with van der Waals surface area (Å²) < 4.78 is 5.98. The molecule has 0 radical (unpaired) electrons. The summed E-state index contributed by atoms with van der Waals surface area (Å²) in [5.74, 6) is 8.31. The van der Waals surface area contributed by atoms with E-state index >= 15 is 0 Å². The summed E-state index contributed by atoms with van der Waals surface area (Å²) in [4.78, 5) is 20.5. The maximum Gasteiger partial charge on any atom is 0.223 e. The molecule has 170 valence electrons. The van der Waals surface area contributed by atoms with Gasteiger partial charge in [-0.2, -0.15) is 0 Å². The second-order valence-electron chi connectivity index (χ2n) is 8.15. The smallest absolute Gasteiger partial charge is 0.223 e. The molecule has 1 aromatic heterocycles. The van der Waals surface area contributed by atoms with E-state index in [0.717, 1.165) is 39.2 Å². The third kappa shape index (κ3) is 5.70. The number of nitrogens with one attached hydrogen (secondary N) is 2. The van der Waals surface area contributed by atoms with Gasteiger partial charge in [0.2, 0.25) is 5.91 Å². The summed E-state index contributed by atoms with van der Waals surface area (Å²) >= 11 is 0. The predicted octanol–water partition coefficient (Wildman–Crippen LogP) is 5.60. The molecule has 6 heteroatoms. The average Bonchev–Trinajstić information content (AvgIpc) is 2.84. The molecule has 4 aromatic rings. The van der Waals surface area contributed by atoms with Crippen molar-refractivity contribution in [2.45, 2.75) is 20.8 Å². The molecule has 2 N–H and O–H groups in total. The highest BCUT2D eigenvalue weighted by molar-refractivity contribution is 5.91. The van der Waals surface area contributed by atoms with Crippen LogP contribution in [0.2, 0.25) is 0 Å². The normalized spacial score (nSPS) is 10.5. The summed E-state index contributed by atoms with van der Waals surface area (Å²) in [6.07, 6.45) is 1.54. The molecule has 6 nitrogen and oxygen atoms in total. The highest BCUT2D eigenvalue weighted by Gasteiger charge is 2.08. The quantitative estimate of drug-likeness (QED) is 0.374. The molecule has 1 amide bonds. The van der Waals surface area contributed by atoms with E-state index < -0.39 is 0 Å². The third-order valence-electron chi connectivity index (χ3n) is 5.15. The number of ether oxygens (including phenoxy) is 1. The third-order valence-corrected chi connectivity index (χ3v) is 5.15. The summed E-state index contributed by atoms with van der Waals surface area (Å²) in [5, 5.41) is 7.05. The molecule has 0 unspecified atom stereocenters. The molecule has 0 saturated heterocycles. The van der Waals surface area contributed by atoms with E-state index in [4.69, 9.17) is 4.74 Å². The topological polar surface area (TPSA) is 76.1 Å². The van der Waals surface area contributed by atoms with Crippen LogP contribution in [0.25, 0.3) is 10.9 Å². The van der Waals surface area contributed by atoms with E-state index in [0.29, 0.717) is 12.4 Å². The van der Waals surface area contributed by atoms with E-state index in [2.05, 4.69) is 32.4 Å². The molecule has 4 rings (SSSR count). The Morgan fingerprint density at radius 1 is 1.03 bits per heavy atom. The van der Waals surface area contributed by atoms with Crippen LogP contribution >= 0.6 is 0 Å². The van der Waals surface area contributed by atoms with E-state index in [9.17, 15) is 4.79 Å². The van der Waals surface area contributed by atoms with Gasteiger partial charge in [0.15, 0.2) is 0 Å². The van der Waals surface area contributed by atoms with Gasteiger partial charge in [-0.3, -0.25) is 4.79 Å². The lowest BCUT2D eigenvalue weighted by Gasteiger charge is -2.12. The minimum atomic E-state index is -0.0594. The lowest BCUT2D eigenvalue weighted by molar-refractivity contribution is -0.123. The molecule has 0 saturated carbocycles. The predicted molar refractivity (Wildman–Crippen MR) is 135 cm³/mol. The lowest BCUT2D eigenvalue weighted by atomic mass is 10.1. The van der Waals surface area contributed by atoms with Crippen molar-refractivity contribution >= 4 is 28.3 Å². The Labute approximate surface area is 199 Å². The minimum absolute atomic E-state index is 0.0109. The van der Waals surface area contributed by atoms with Crippen molar-refractivity contribution in [3.8, 4) is 23.3 Å². The fourth-order valence-electron chi connectivity index (χ4n) is 3.31. The monoisotopic (exact) mass is 450 g/mol. The Kier molecular flexibility index (Phi) is 7.04. The van der Waals surface area contributed by atoms with Crippen LogP contribution < -0.4 is 15.4 Å². The number of rotatable bonds is 6. The first kappa shape index (κ1) is 22.8. The number of hydrogen-bond donors (Lipinski definition) is 2. The fourth-order valence-corrected chi connectivity index (χ4v) is 3.31. The van der Waals surface area contributed by atoms with Crippen LogP contribution in [0, 0.1) is 24.7 Å². The van der Waals surface area contributed by atoms with Gasteiger partial charge in [0.25, 0.3) is 0 Å². The molecule has 0 spiro atoms. The van der Waals surface area contributed by atoms with Crippen LogP contribution in [0.4, 0.5) is 11.5 Å². The van der Waals surface area contributed by atoms with Gasteiger partial charge >= 0.3 is 0 Å². The summed E-state index contributed by atoms with van der Waals surface area (Å²) in [7, 11) is 0. The van der Waals surface area contributed by atoms with Crippen molar-refractivity contribution in [1.29, 1.82) is 0 Å². The number of carbonyl (C=O) groups excluding carboxylic acids is 1. The van der Waals surface area contributed by atoms with Crippen LogP contribution in [0.15, 0.2) is 73.1 Å². The average molecular weight is 451 g/mol. The maximum absolute atomic E-state index is 11.7. The summed E-state index contributed by atoms with van der Waals surface area (Å²) in [6.45, 7) is 6.02. The number of carbonyl (C=O) groups is 1. The number of anilines is 2. The van der Waals surface area contributed by atoms with Gasteiger partial charge in [-0.05, 0) is 61.0 Å². The first-order valence-electron chi connectivity index (χ1n) is 11.1. The Bertz CT molecular complexity index is 1370. The van der Waals surface area contributed by atoms with E-state index in [1.54, 1.807) is 0 Å². The molecule has 0 fully saturated rings. The Morgan fingerprint density at radius 3 is 2.62 bits per heavy atom. The van der Waals surface area contributed by atoms with Crippen molar-refractivity contribution in [3.05, 3.63) is 84.2 Å². The Morgan fingerprint density at radius 2 is 1.85 bits per heavy atom. The van der Waals surface area contributed by atoms with Gasteiger partial charge < -0.3 is 15.4 Å². The van der Waals surface area contributed by atoms with Crippen molar-refractivity contribution in [1.82, 2.24) is 15.3 Å². The molecule has 0 aliphatic carbocycles. The molecule has 3 aromatic carbocycles. The molecule has 0 bridgehead atoms. The van der Waals surface area contributed by atoms with E-state index in [1.165, 1.54) is 6.33 Å². The van der Waals surface area contributed by atoms with Gasteiger partial charge in [0.05, 0.1) is 12.1 Å². The van der Waals surface area contributed by atoms with Crippen molar-refractivity contribution in [2.24, 2.45) is 5.92 Å². The molecule has 0 atom stereocenters. The summed E-state index contributed by atoms with van der Waals surface area (Å²) in [6, 6.07) is 21.4. The molecule has 1 heterocycles. The number of hydrogen-bond acceptors (Lipinski definition) is 5. The first-order valence-corrected chi connectivity index (χ1v) is 11.1. The Balaban J connectivity index is 1.52. The SMILES string of the molecule is Cc1cc(Nc2ncnc3ccc(C#CCNC(=O)C(C)C)cc23)ccc1Oc1ccccc1. The van der Waals surface area contributed by atoms with Crippen LogP contribution in [-0.2, 0) is 4.79 Å². The van der Waals surface area contributed by atoms with Gasteiger partial charge in [-0.1, -0.05) is 43.9 Å². The highest BCUT2D eigenvalue weighted by atomic mass is 16.5. The zero-order chi connectivity index (χ0) is 23.9. The van der Waals surface area contributed by atoms with Gasteiger partial charge in [-0.15, -0.1) is 0 Å². The fraction of sp³-hybridized carbons (Fsp3) is 0.179. The van der Waals surface area contributed by atoms with Crippen LogP contribution in [0.5, 0.6) is 11.5 Å². The van der Waals surface area contributed by atoms with Crippen molar-refractivity contribution < 1.29 is 9.53 Å². The maximum atomic E-state index is 11.7. The molecule has 0 aliphatic heterocycles. The number of fused-ring (bicyclic) bond motifs is 1. The number of aryl methyl sites for hydroxylation is 1. The molecular formula is C28H26N4O2. The molecule has 34 heavy (non-hydrogen) atoms. The number of benzene rings is 3. The first-order chi connectivity index (χ1) is 16.5. The van der Waals surface area contributed by atoms with Crippen molar-refractivity contribution in [2.75, 3.05) is 11.9 Å². The second kappa shape index (κ2) is 10.5. The van der Waals surface area contributed by atoms with Crippen LogP contribution in [0.1, 0.15) is 25.0 Å². The zero-order valence-corrected chi connectivity index (χ0v) is 19.4. The summed E-state index contributed by atoms with van der Waals surface area (Å²) in [5.41, 5.74) is 3.54. The minimum Gasteiger partial charge on any atom is -0.457 e. The number of para-hydroxylation sites is 1. The zero-order valence-electron chi connectivity index (χ0n) is 19.4. The molecule has 0 aliphatic rings. The highest BCUT2D eigenvalue weighted by Crippen LogP contribution is 2.29. The number of amides is 1. The standard InChI is InChI=1S/C28H26N4O2/c1-19(2)28(33)29-15-7-8-21-11-13-25-24(17-21)27(31-18-30-25)32-22-12-14-26(20(3)16-22)34-23-9-5-4-6-10-23/h4-6,9-14,16-19H,15H2,1-3H3,(H,29,33)(H,30,31,32). The lowest BCUT2D eigenvalue weighted by Crippen LogP contribution is -2.27. The molecular weight excluding hydrogens is 424 g/mol. The largest absolute Gasteiger partial charge is 0.457 e. The van der Waals surface area contributed by atoms with E-state index in [-0.39, 0.29) is 11.8 Å². The van der Waals surface area contributed by atoms with E-state index in [1.807, 2.05) is 87.5 Å². The van der Waals surface area contributed by atoms with Gasteiger partial charge in [0, 0.05) is 22.6 Å². The van der Waals surface area contributed by atoms with Crippen molar-refractivity contribution in [3.63, 3.8) is 0 Å². The van der Waals surface area contributed by atoms with Gasteiger partial charge in [0.1, 0.15) is 23.6 Å². The number of aromatic nitrogens is 2.